The van der Waals surface area contributed by atoms with Crippen molar-refractivity contribution in [3.05, 3.63) is 45.1 Å². The molecule has 1 aromatic heterocycles. The second-order valence-corrected chi connectivity index (χ2v) is 6.27. The van der Waals surface area contributed by atoms with E-state index in [2.05, 4.69) is 32.7 Å². The maximum Gasteiger partial charge on any atom is 0.161 e. The molecule has 0 saturated carbocycles. The van der Waals surface area contributed by atoms with Crippen LogP contribution in [0.15, 0.2) is 40.2 Å². The first-order chi connectivity index (χ1) is 9.31. The third-order valence-electron chi connectivity index (χ3n) is 2.86. The first-order valence-corrected chi connectivity index (χ1v) is 7.80. The van der Waals surface area contributed by atoms with Gasteiger partial charge in [-0.05, 0) is 34.1 Å². The molecular weight excluding hydrogens is 362 g/mol. The van der Waals surface area contributed by atoms with E-state index in [0.717, 1.165) is 29.1 Å². The summed E-state index contributed by atoms with van der Waals surface area (Å²) in [5, 5.41) is 5.49. The quantitative estimate of drug-likeness (QED) is 0.879. The fourth-order valence-corrected chi connectivity index (χ4v) is 3.39. The molecule has 2 aromatic rings. The average molecular weight is 377 g/mol. The predicted molar refractivity (Wildman–Crippen MR) is 87.3 cm³/mol. The van der Waals surface area contributed by atoms with E-state index in [1.54, 1.807) is 11.3 Å². The van der Waals surface area contributed by atoms with E-state index in [4.69, 9.17) is 9.47 Å². The molecule has 1 unspecified atom stereocenters. The molecule has 3 rings (SSSR count). The summed E-state index contributed by atoms with van der Waals surface area (Å²) < 4.78 is 12.7. The summed E-state index contributed by atoms with van der Waals surface area (Å²) in [6, 6.07) is 9.92. The maximum absolute atomic E-state index is 5.88. The Labute approximate surface area is 136 Å². The first-order valence-electron chi connectivity index (χ1n) is 6.13. The Hall–Kier alpha value is -0.750. The minimum atomic E-state index is 0. The fourth-order valence-electron chi connectivity index (χ4n) is 1.97. The minimum Gasteiger partial charge on any atom is -0.486 e. The van der Waals surface area contributed by atoms with E-state index in [-0.39, 0.29) is 18.5 Å². The third kappa shape index (κ3) is 3.88. The molecule has 1 aromatic carbocycles. The van der Waals surface area contributed by atoms with Gasteiger partial charge in [0.1, 0.15) is 12.7 Å². The van der Waals surface area contributed by atoms with Crippen molar-refractivity contribution in [1.82, 2.24) is 5.32 Å². The number of fused-ring (bicyclic) bond motifs is 1. The van der Waals surface area contributed by atoms with Crippen molar-refractivity contribution in [3.63, 3.8) is 0 Å². The number of halogens is 2. The van der Waals surface area contributed by atoms with Gasteiger partial charge in [-0.3, -0.25) is 0 Å². The highest BCUT2D eigenvalue weighted by Crippen LogP contribution is 2.30. The van der Waals surface area contributed by atoms with Gasteiger partial charge in [-0.2, -0.15) is 0 Å². The lowest BCUT2D eigenvalue weighted by Crippen LogP contribution is -2.38. The van der Waals surface area contributed by atoms with E-state index < -0.39 is 0 Å². The molecule has 1 atom stereocenters. The van der Waals surface area contributed by atoms with Gasteiger partial charge >= 0.3 is 0 Å². The van der Waals surface area contributed by atoms with Crippen LogP contribution in [-0.2, 0) is 6.54 Å². The molecule has 20 heavy (non-hydrogen) atoms. The predicted octanol–water partition coefficient (Wildman–Crippen LogP) is 3.86. The van der Waals surface area contributed by atoms with Gasteiger partial charge in [-0.25, -0.2) is 0 Å². The van der Waals surface area contributed by atoms with Crippen LogP contribution in [0, 0.1) is 0 Å². The lowest BCUT2D eigenvalue weighted by atomic mass is 10.2. The zero-order valence-corrected chi connectivity index (χ0v) is 13.9. The molecule has 3 nitrogen and oxygen atoms in total. The Morgan fingerprint density at radius 3 is 2.85 bits per heavy atom. The average Bonchev–Trinajstić information content (AvgIpc) is 2.84. The number of para-hydroxylation sites is 2. The molecule has 0 saturated heterocycles. The zero-order chi connectivity index (χ0) is 13.1. The molecular formula is C14H15BrClNO2S. The topological polar surface area (TPSA) is 30.5 Å². The van der Waals surface area contributed by atoms with Crippen molar-refractivity contribution < 1.29 is 9.47 Å². The standard InChI is InChI=1S/C14H14BrNO2S.ClH/c15-10-5-12(19-9-10)7-16-6-11-8-17-13-3-1-2-4-14(13)18-11;/h1-5,9,11,16H,6-8H2;1H. The fraction of sp³-hybridized carbons (Fsp3) is 0.286. The van der Waals surface area contributed by atoms with Crippen LogP contribution < -0.4 is 14.8 Å². The molecule has 2 heterocycles. The summed E-state index contributed by atoms with van der Waals surface area (Å²) in [6.07, 6.45) is 0.0679. The molecule has 0 spiro atoms. The van der Waals surface area contributed by atoms with Gasteiger partial charge in [0.15, 0.2) is 11.5 Å². The van der Waals surface area contributed by atoms with Crippen LogP contribution in [0.2, 0.25) is 0 Å². The second-order valence-electron chi connectivity index (χ2n) is 4.36. The highest BCUT2D eigenvalue weighted by molar-refractivity contribution is 9.10. The lowest BCUT2D eigenvalue weighted by molar-refractivity contribution is 0.0903. The van der Waals surface area contributed by atoms with Crippen molar-refractivity contribution in [2.45, 2.75) is 12.6 Å². The van der Waals surface area contributed by atoms with Crippen LogP contribution in [-0.4, -0.2) is 19.3 Å². The molecule has 0 bridgehead atoms. The van der Waals surface area contributed by atoms with Crippen LogP contribution in [0.1, 0.15) is 4.88 Å². The Bertz CT molecular complexity index is 564. The van der Waals surface area contributed by atoms with Gasteiger partial charge < -0.3 is 14.8 Å². The Balaban J connectivity index is 0.00000147. The first kappa shape index (κ1) is 15.6. The SMILES string of the molecule is Brc1csc(CNCC2COc3ccccc3O2)c1.Cl. The van der Waals surface area contributed by atoms with Crippen LogP contribution >= 0.6 is 39.7 Å². The third-order valence-corrected chi connectivity index (χ3v) is 4.56. The number of hydrogen-bond acceptors (Lipinski definition) is 4. The van der Waals surface area contributed by atoms with E-state index >= 15 is 0 Å². The molecule has 0 aliphatic carbocycles. The van der Waals surface area contributed by atoms with E-state index in [1.165, 1.54) is 4.88 Å². The van der Waals surface area contributed by atoms with E-state index in [0.29, 0.717) is 6.61 Å². The normalized spacial score (nSPS) is 16.6. The molecule has 0 radical (unpaired) electrons. The molecule has 6 heteroatoms. The Morgan fingerprint density at radius 2 is 2.10 bits per heavy atom. The van der Waals surface area contributed by atoms with E-state index in [1.807, 2.05) is 24.3 Å². The van der Waals surface area contributed by atoms with Gasteiger partial charge in [0.25, 0.3) is 0 Å². The smallest absolute Gasteiger partial charge is 0.161 e. The van der Waals surface area contributed by atoms with Gasteiger partial charge in [0, 0.05) is 27.8 Å². The summed E-state index contributed by atoms with van der Waals surface area (Å²) in [5.74, 6) is 1.67. The van der Waals surface area contributed by atoms with Crippen LogP contribution in [0.5, 0.6) is 11.5 Å². The van der Waals surface area contributed by atoms with Crippen molar-refractivity contribution in [3.8, 4) is 11.5 Å². The monoisotopic (exact) mass is 375 g/mol. The molecule has 1 N–H and O–H groups in total. The van der Waals surface area contributed by atoms with Crippen molar-refractivity contribution in [2.24, 2.45) is 0 Å². The highest BCUT2D eigenvalue weighted by atomic mass is 79.9. The lowest BCUT2D eigenvalue weighted by Gasteiger charge is -2.26. The zero-order valence-electron chi connectivity index (χ0n) is 10.7. The summed E-state index contributed by atoms with van der Waals surface area (Å²) >= 11 is 5.20. The molecule has 1 aliphatic heterocycles. The van der Waals surface area contributed by atoms with Crippen molar-refractivity contribution >= 4 is 39.7 Å². The second kappa shape index (κ2) is 7.31. The summed E-state index contributed by atoms with van der Waals surface area (Å²) in [6.45, 7) is 2.24. The Morgan fingerprint density at radius 1 is 1.30 bits per heavy atom. The van der Waals surface area contributed by atoms with Crippen LogP contribution in [0.25, 0.3) is 0 Å². The van der Waals surface area contributed by atoms with Gasteiger partial charge in [-0.1, -0.05) is 12.1 Å². The molecule has 0 fully saturated rings. The van der Waals surface area contributed by atoms with Crippen molar-refractivity contribution in [1.29, 1.82) is 0 Å². The van der Waals surface area contributed by atoms with Crippen LogP contribution in [0.4, 0.5) is 0 Å². The summed E-state index contributed by atoms with van der Waals surface area (Å²) in [7, 11) is 0. The number of benzene rings is 1. The largest absolute Gasteiger partial charge is 0.486 e. The number of nitrogens with one attached hydrogen (secondary N) is 1. The number of ether oxygens (including phenoxy) is 2. The summed E-state index contributed by atoms with van der Waals surface area (Å²) in [4.78, 5) is 1.31. The number of thiophene rings is 1. The van der Waals surface area contributed by atoms with E-state index in [9.17, 15) is 0 Å². The maximum atomic E-state index is 5.88. The van der Waals surface area contributed by atoms with Gasteiger partial charge in [0.2, 0.25) is 0 Å². The molecule has 1 aliphatic rings. The van der Waals surface area contributed by atoms with Gasteiger partial charge in [0.05, 0.1) is 0 Å². The highest BCUT2D eigenvalue weighted by Gasteiger charge is 2.19. The molecule has 0 amide bonds. The minimum absolute atomic E-state index is 0. The Kier molecular flexibility index (Phi) is 5.72. The number of rotatable bonds is 4. The van der Waals surface area contributed by atoms with Crippen molar-refractivity contribution in [2.75, 3.05) is 13.2 Å². The summed E-state index contributed by atoms with van der Waals surface area (Å²) in [5.41, 5.74) is 0. The van der Waals surface area contributed by atoms with Crippen LogP contribution in [0.3, 0.4) is 0 Å². The number of hydrogen-bond donors (Lipinski definition) is 1. The molecule has 108 valence electrons. The van der Waals surface area contributed by atoms with Gasteiger partial charge in [-0.15, -0.1) is 23.7 Å².